The Kier molecular flexibility index (Phi) is 7.58. The topological polar surface area (TPSA) is 55.8 Å². The van der Waals surface area contributed by atoms with Crippen LogP contribution < -0.4 is 9.47 Å². The zero-order valence-electron chi connectivity index (χ0n) is 15.5. The summed E-state index contributed by atoms with van der Waals surface area (Å²) in [6, 6.07) is 9.50. The van der Waals surface area contributed by atoms with Crippen molar-refractivity contribution in [3.05, 3.63) is 59.2 Å². The van der Waals surface area contributed by atoms with Crippen molar-refractivity contribution in [2.24, 2.45) is 0 Å². The zero-order chi connectivity index (χ0) is 19.8. The molecule has 0 saturated heterocycles. The monoisotopic (exact) mass is 378 g/mol. The van der Waals surface area contributed by atoms with Crippen LogP contribution in [0.4, 0.5) is 8.78 Å². The number of rotatable bonds is 10. The van der Waals surface area contributed by atoms with Crippen molar-refractivity contribution in [2.75, 3.05) is 13.7 Å². The van der Waals surface area contributed by atoms with Crippen molar-refractivity contribution < 1.29 is 28.2 Å². The molecule has 2 aromatic rings. The summed E-state index contributed by atoms with van der Waals surface area (Å²) in [5, 5.41) is 8.56. The third-order valence-corrected chi connectivity index (χ3v) is 4.44. The van der Waals surface area contributed by atoms with E-state index in [0.717, 1.165) is 36.8 Å². The van der Waals surface area contributed by atoms with Crippen molar-refractivity contribution in [2.45, 2.75) is 38.5 Å². The average Bonchev–Trinajstić information content (AvgIpc) is 2.64. The maximum atomic E-state index is 13.9. The lowest BCUT2D eigenvalue weighted by Gasteiger charge is -2.13. The van der Waals surface area contributed by atoms with Crippen molar-refractivity contribution in [1.29, 1.82) is 0 Å². The fraction of sp³-hybridized carbons (Fsp3) is 0.381. The summed E-state index contributed by atoms with van der Waals surface area (Å²) >= 11 is 0. The lowest BCUT2D eigenvalue weighted by Crippen LogP contribution is -2.10. The summed E-state index contributed by atoms with van der Waals surface area (Å²) in [7, 11) is 1.45. The number of unbranched alkanes of at least 4 members (excludes halogenated alkanes) is 1. The molecule has 1 atom stereocenters. The molecule has 0 radical (unpaired) electrons. The lowest BCUT2D eigenvalue weighted by atomic mass is 9.94. The molecule has 0 aliphatic rings. The molecule has 0 spiro atoms. The molecule has 1 N–H and O–H groups in total. The van der Waals surface area contributed by atoms with Crippen LogP contribution in [0.5, 0.6) is 11.5 Å². The van der Waals surface area contributed by atoms with Crippen molar-refractivity contribution >= 4 is 5.97 Å². The van der Waals surface area contributed by atoms with Gasteiger partial charge in [0.1, 0.15) is 0 Å². The van der Waals surface area contributed by atoms with Crippen LogP contribution in [0.2, 0.25) is 0 Å². The van der Waals surface area contributed by atoms with Crippen molar-refractivity contribution in [1.82, 2.24) is 0 Å². The molecule has 2 rings (SSSR count). The molecule has 0 amide bonds. The predicted molar refractivity (Wildman–Crippen MR) is 98.5 cm³/mol. The number of halogens is 2. The Hall–Kier alpha value is -2.63. The number of methoxy groups -OCH3 is 1. The molecule has 0 aliphatic heterocycles. The van der Waals surface area contributed by atoms with E-state index < -0.39 is 18.4 Å². The first-order valence-corrected chi connectivity index (χ1v) is 8.87. The van der Waals surface area contributed by atoms with E-state index in [1.165, 1.54) is 25.3 Å². The van der Waals surface area contributed by atoms with E-state index in [0.29, 0.717) is 0 Å². The van der Waals surface area contributed by atoms with E-state index in [9.17, 15) is 13.6 Å². The van der Waals surface area contributed by atoms with E-state index in [-0.39, 0.29) is 23.2 Å². The lowest BCUT2D eigenvalue weighted by molar-refractivity contribution is -0.139. The summed E-state index contributed by atoms with van der Waals surface area (Å²) in [4.78, 5) is 10.5. The van der Waals surface area contributed by atoms with Gasteiger partial charge in [0.25, 0.3) is 0 Å². The summed E-state index contributed by atoms with van der Waals surface area (Å²) in [6.07, 6.45) is 3.48. The molecule has 0 aliphatic carbocycles. The number of carboxylic acid groups (broad SMARTS) is 1. The second-order valence-electron chi connectivity index (χ2n) is 6.49. The van der Waals surface area contributed by atoms with Crippen LogP contribution in [-0.2, 0) is 11.2 Å². The smallest absolute Gasteiger partial charge is 0.341 e. The van der Waals surface area contributed by atoms with E-state index in [2.05, 4.69) is 6.92 Å². The normalized spacial score (nSPS) is 11.9. The molecule has 4 nitrogen and oxygen atoms in total. The summed E-state index contributed by atoms with van der Waals surface area (Å²) in [5.74, 6) is -1.61. The molecule has 0 fully saturated rings. The van der Waals surface area contributed by atoms with E-state index >= 15 is 0 Å². The molecule has 0 saturated carbocycles. The number of ether oxygens (including phenoxy) is 2. The van der Waals surface area contributed by atoms with Crippen LogP contribution in [0.3, 0.4) is 0 Å². The van der Waals surface area contributed by atoms with Gasteiger partial charge in [0.2, 0.25) is 0 Å². The third-order valence-electron chi connectivity index (χ3n) is 4.44. The van der Waals surface area contributed by atoms with Crippen LogP contribution in [0.15, 0.2) is 36.4 Å². The van der Waals surface area contributed by atoms with Gasteiger partial charge in [0, 0.05) is 0 Å². The SMILES string of the molecule is COc1cc([C@@H](C)CCCCc2ccc(OCC(=O)O)c(F)c2)ccc1F. The molecule has 0 heterocycles. The molecule has 0 bridgehead atoms. The largest absolute Gasteiger partial charge is 0.494 e. The molecule has 0 aromatic heterocycles. The molecule has 2 aromatic carbocycles. The van der Waals surface area contributed by atoms with Crippen LogP contribution in [0.25, 0.3) is 0 Å². The van der Waals surface area contributed by atoms with Gasteiger partial charge in [-0.3, -0.25) is 0 Å². The number of hydrogen-bond acceptors (Lipinski definition) is 3. The second kappa shape index (κ2) is 9.90. The third kappa shape index (κ3) is 6.24. The second-order valence-corrected chi connectivity index (χ2v) is 6.49. The number of aliphatic carboxylic acids is 1. The Balaban J connectivity index is 1.81. The number of aryl methyl sites for hydroxylation is 1. The Morgan fingerprint density at radius 1 is 1.07 bits per heavy atom. The minimum atomic E-state index is -1.15. The highest BCUT2D eigenvalue weighted by Crippen LogP contribution is 2.27. The first-order valence-electron chi connectivity index (χ1n) is 8.87. The van der Waals surface area contributed by atoms with Crippen LogP contribution in [0.1, 0.15) is 43.2 Å². The Bertz CT molecular complexity index is 777. The van der Waals surface area contributed by atoms with Crippen molar-refractivity contribution in [3.63, 3.8) is 0 Å². The maximum absolute atomic E-state index is 13.9. The van der Waals surface area contributed by atoms with E-state index in [1.54, 1.807) is 18.2 Å². The fourth-order valence-electron chi connectivity index (χ4n) is 2.89. The first-order chi connectivity index (χ1) is 12.9. The van der Waals surface area contributed by atoms with Gasteiger partial charge in [-0.05, 0) is 60.6 Å². The van der Waals surface area contributed by atoms with Gasteiger partial charge in [-0.1, -0.05) is 25.5 Å². The van der Waals surface area contributed by atoms with Crippen LogP contribution in [0, 0.1) is 11.6 Å². The summed E-state index contributed by atoms with van der Waals surface area (Å²) < 4.78 is 37.3. The fourth-order valence-corrected chi connectivity index (χ4v) is 2.89. The maximum Gasteiger partial charge on any atom is 0.341 e. The molecule has 146 valence electrons. The highest BCUT2D eigenvalue weighted by Gasteiger charge is 2.10. The van der Waals surface area contributed by atoms with Crippen LogP contribution in [-0.4, -0.2) is 24.8 Å². The molecule has 0 unspecified atom stereocenters. The highest BCUT2D eigenvalue weighted by molar-refractivity contribution is 5.68. The number of benzene rings is 2. The van der Waals surface area contributed by atoms with Gasteiger partial charge >= 0.3 is 5.97 Å². The zero-order valence-corrected chi connectivity index (χ0v) is 15.5. The Labute approximate surface area is 157 Å². The van der Waals surface area contributed by atoms with Gasteiger partial charge in [-0.25, -0.2) is 13.6 Å². The van der Waals surface area contributed by atoms with E-state index in [4.69, 9.17) is 14.6 Å². The van der Waals surface area contributed by atoms with Gasteiger partial charge in [-0.2, -0.15) is 0 Å². The Morgan fingerprint density at radius 2 is 1.85 bits per heavy atom. The highest BCUT2D eigenvalue weighted by atomic mass is 19.1. The average molecular weight is 378 g/mol. The van der Waals surface area contributed by atoms with Crippen molar-refractivity contribution in [3.8, 4) is 11.5 Å². The van der Waals surface area contributed by atoms with Gasteiger partial charge < -0.3 is 14.6 Å². The molecular formula is C21H24F2O4. The van der Waals surface area contributed by atoms with Gasteiger partial charge in [0.15, 0.2) is 29.7 Å². The molecule has 27 heavy (non-hydrogen) atoms. The van der Waals surface area contributed by atoms with Gasteiger partial charge in [-0.15, -0.1) is 0 Å². The molecule has 6 heteroatoms. The molecular weight excluding hydrogens is 354 g/mol. The number of carboxylic acids is 1. The minimum Gasteiger partial charge on any atom is -0.494 e. The first kappa shape index (κ1) is 20.7. The number of carbonyl (C=O) groups is 1. The summed E-state index contributed by atoms with van der Waals surface area (Å²) in [5.41, 5.74) is 1.87. The Morgan fingerprint density at radius 3 is 2.52 bits per heavy atom. The standard InChI is InChI=1S/C21H24F2O4/c1-14(16-8-9-17(22)20(12-16)26-2)5-3-4-6-15-7-10-19(18(23)11-15)27-13-21(24)25/h7-12,14H,3-6,13H2,1-2H3,(H,24,25)/t14-/m0/s1. The number of hydrogen-bond donors (Lipinski definition) is 1. The predicted octanol–water partition coefficient (Wildman–Crippen LogP) is 4.95. The summed E-state index contributed by atoms with van der Waals surface area (Å²) in [6.45, 7) is 1.52. The van der Waals surface area contributed by atoms with Crippen LogP contribution >= 0.6 is 0 Å². The van der Waals surface area contributed by atoms with E-state index in [1.807, 2.05) is 0 Å². The van der Waals surface area contributed by atoms with Gasteiger partial charge in [0.05, 0.1) is 7.11 Å². The minimum absolute atomic E-state index is 0.0555. The quantitative estimate of drug-likeness (QED) is 0.594.